The highest BCUT2D eigenvalue weighted by Gasteiger charge is 2.25. The van der Waals surface area contributed by atoms with Gasteiger partial charge in [-0.05, 0) is 25.8 Å². The zero-order valence-corrected chi connectivity index (χ0v) is 15.1. The summed E-state index contributed by atoms with van der Waals surface area (Å²) in [6, 6.07) is 10.3. The van der Waals surface area contributed by atoms with Crippen molar-refractivity contribution in [3.63, 3.8) is 0 Å². The molecule has 134 valence electrons. The van der Waals surface area contributed by atoms with Gasteiger partial charge < -0.3 is 14.8 Å². The van der Waals surface area contributed by atoms with Crippen molar-refractivity contribution in [2.24, 2.45) is 7.05 Å². The van der Waals surface area contributed by atoms with E-state index in [-0.39, 0.29) is 5.91 Å². The number of benzene rings is 1. The minimum absolute atomic E-state index is 0.123. The molecule has 3 heterocycles. The predicted molar refractivity (Wildman–Crippen MR) is 102 cm³/mol. The van der Waals surface area contributed by atoms with E-state index >= 15 is 0 Å². The van der Waals surface area contributed by atoms with Crippen molar-refractivity contribution in [2.45, 2.75) is 25.8 Å². The lowest BCUT2D eigenvalue weighted by Gasteiger charge is -2.32. The van der Waals surface area contributed by atoms with Crippen LogP contribution >= 0.6 is 0 Å². The van der Waals surface area contributed by atoms with Crippen molar-refractivity contribution in [1.82, 2.24) is 19.4 Å². The lowest BCUT2D eigenvalue weighted by molar-refractivity contribution is 0.0720. The molecular weight excluding hydrogens is 326 g/mol. The third kappa shape index (κ3) is 3.14. The van der Waals surface area contributed by atoms with Gasteiger partial charge in [-0.25, -0.2) is 9.97 Å². The van der Waals surface area contributed by atoms with Crippen molar-refractivity contribution < 1.29 is 4.79 Å². The van der Waals surface area contributed by atoms with E-state index < -0.39 is 0 Å². The third-order valence-electron chi connectivity index (χ3n) is 5.07. The predicted octanol–water partition coefficient (Wildman–Crippen LogP) is 2.99. The summed E-state index contributed by atoms with van der Waals surface area (Å²) in [5, 5.41) is 4.49. The Hall–Kier alpha value is -2.89. The number of nitrogens with one attached hydrogen (secondary N) is 1. The highest BCUT2D eigenvalue weighted by Crippen LogP contribution is 2.24. The van der Waals surface area contributed by atoms with Crippen LogP contribution in [0.4, 0.5) is 5.82 Å². The monoisotopic (exact) mass is 349 g/mol. The smallest absolute Gasteiger partial charge is 0.256 e. The van der Waals surface area contributed by atoms with Gasteiger partial charge in [-0.3, -0.25) is 4.79 Å². The first-order chi connectivity index (χ1) is 12.6. The molecular formula is C20H23N5O. The van der Waals surface area contributed by atoms with Crippen LogP contribution < -0.4 is 5.32 Å². The van der Waals surface area contributed by atoms with Crippen LogP contribution in [0.3, 0.4) is 0 Å². The third-order valence-corrected chi connectivity index (χ3v) is 5.07. The Morgan fingerprint density at radius 1 is 1.19 bits per heavy atom. The van der Waals surface area contributed by atoms with Crippen LogP contribution in [0.25, 0.3) is 10.9 Å². The summed E-state index contributed by atoms with van der Waals surface area (Å²) >= 11 is 0. The zero-order chi connectivity index (χ0) is 18.1. The van der Waals surface area contributed by atoms with E-state index in [1.54, 1.807) is 6.33 Å². The van der Waals surface area contributed by atoms with E-state index in [2.05, 4.69) is 15.3 Å². The Morgan fingerprint density at radius 2 is 1.96 bits per heavy atom. The molecule has 1 fully saturated rings. The summed E-state index contributed by atoms with van der Waals surface area (Å²) in [5.41, 5.74) is 2.83. The molecule has 1 saturated heterocycles. The lowest BCUT2D eigenvalue weighted by Crippen LogP contribution is -2.42. The van der Waals surface area contributed by atoms with E-state index in [4.69, 9.17) is 0 Å². The number of carbonyl (C=O) groups excluding carboxylic acids is 1. The van der Waals surface area contributed by atoms with Crippen LogP contribution in [-0.4, -0.2) is 44.5 Å². The van der Waals surface area contributed by atoms with Gasteiger partial charge in [0, 0.05) is 55.0 Å². The number of piperidine rings is 1. The minimum atomic E-state index is 0.123. The summed E-state index contributed by atoms with van der Waals surface area (Å²) in [4.78, 5) is 23.4. The highest BCUT2D eigenvalue weighted by atomic mass is 16.2. The maximum Gasteiger partial charge on any atom is 0.256 e. The number of amides is 1. The molecule has 0 radical (unpaired) electrons. The summed E-state index contributed by atoms with van der Waals surface area (Å²) in [7, 11) is 1.99. The lowest BCUT2D eigenvalue weighted by atomic mass is 10.0. The molecule has 3 aromatic rings. The molecule has 4 rings (SSSR count). The Labute approximate surface area is 152 Å². The van der Waals surface area contributed by atoms with Gasteiger partial charge in [0.15, 0.2) is 0 Å². The summed E-state index contributed by atoms with van der Waals surface area (Å²) in [5.74, 6) is 0.981. The number of para-hydroxylation sites is 1. The standard InChI is InChI=1S/C20H23N5O/c1-14-11-19(22-13-21-14)23-15-7-9-25(10-8-15)20(26)17-12-24(2)18-6-4-3-5-16(17)18/h3-6,11-13,15H,7-10H2,1-2H3,(H,21,22,23). The van der Waals surface area contributed by atoms with Crippen LogP contribution in [0, 0.1) is 6.92 Å². The van der Waals surface area contributed by atoms with Crippen LogP contribution in [0.2, 0.25) is 0 Å². The first-order valence-corrected chi connectivity index (χ1v) is 9.00. The molecule has 1 amide bonds. The molecule has 26 heavy (non-hydrogen) atoms. The summed E-state index contributed by atoms with van der Waals surface area (Å²) in [6.07, 6.45) is 5.36. The minimum Gasteiger partial charge on any atom is -0.367 e. The molecule has 6 heteroatoms. The van der Waals surface area contributed by atoms with E-state index in [1.807, 2.05) is 60.0 Å². The summed E-state index contributed by atoms with van der Waals surface area (Å²) < 4.78 is 2.02. The quantitative estimate of drug-likeness (QED) is 0.790. The largest absolute Gasteiger partial charge is 0.367 e. The molecule has 6 nitrogen and oxygen atoms in total. The molecule has 0 aliphatic carbocycles. The number of rotatable bonds is 3. The van der Waals surface area contributed by atoms with Crippen LogP contribution in [0.5, 0.6) is 0 Å². The van der Waals surface area contributed by atoms with Gasteiger partial charge in [0.05, 0.1) is 5.56 Å². The number of nitrogens with zero attached hydrogens (tertiary/aromatic N) is 4. The highest BCUT2D eigenvalue weighted by molar-refractivity contribution is 6.07. The maximum atomic E-state index is 13.0. The van der Waals surface area contributed by atoms with Gasteiger partial charge in [0.1, 0.15) is 12.1 Å². The van der Waals surface area contributed by atoms with Crippen LogP contribution in [0.1, 0.15) is 28.9 Å². The maximum absolute atomic E-state index is 13.0. The number of likely N-dealkylation sites (tertiary alicyclic amines) is 1. The Balaban J connectivity index is 1.43. The van der Waals surface area contributed by atoms with Gasteiger partial charge in [-0.2, -0.15) is 0 Å². The van der Waals surface area contributed by atoms with E-state index in [0.717, 1.165) is 53.9 Å². The van der Waals surface area contributed by atoms with Crippen molar-refractivity contribution in [3.8, 4) is 0 Å². The molecule has 0 atom stereocenters. The fraction of sp³-hybridized carbons (Fsp3) is 0.350. The molecule has 0 unspecified atom stereocenters. The first kappa shape index (κ1) is 16.6. The second-order valence-corrected chi connectivity index (χ2v) is 6.93. The van der Waals surface area contributed by atoms with Gasteiger partial charge in [-0.1, -0.05) is 18.2 Å². The molecule has 0 spiro atoms. The second-order valence-electron chi connectivity index (χ2n) is 6.93. The number of anilines is 1. The fourth-order valence-electron chi connectivity index (χ4n) is 3.65. The van der Waals surface area contributed by atoms with Crippen molar-refractivity contribution in [3.05, 3.63) is 54.1 Å². The SMILES string of the molecule is Cc1cc(NC2CCN(C(=O)c3cn(C)c4ccccc34)CC2)ncn1. The summed E-state index contributed by atoms with van der Waals surface area (Å²) in [6.45, 7) is 3.46. The zero-order valence-electron chi connectivity index (χ0n) is 15.1. The second kappa shape index (κ2) is 6.78. The van der Waals surface area contributed by atoms with Gasteiger partial charge >= 0.3 is 0 Å². The van der Waals surface area contributed by atoms with Gasteiger partial charge in [-0.15, -0.1) is 0 Å². The number of carbonyl (C=O) groups is 1. The Kier molecular flexibility index (Phi) is 4.32. The van der Waals surface area contributed by atoms with Crippen molar-refractivity contribution in [2.75, 3.05) is 18.4 Å². The molecule has 0 saturated carbocycles. The van der Waals surface area contributed by atoms with Crippen LogP contribution in [0.15, 0.2) is 42.9 Å². The number of hydrogen-bond acceptors (Lipinski definition) is 4. The molecule has 0 bridgehead atoms. The normalized spacial score (nSPS) is 15.4. The number of hydrogen-bond donors (Lipinski definition) is 1. The Bertz CT molecular complexity index is 940. The van der Waals surface area contributed by atoms with Crippen molar-refractivity contribution in [1.29, 1.82) is 0 Å². The van der Waals surface area contributed by atoms with Gasteiger partial charge in [0.2, 0.25) is 0 Å². The molecule has 1 aliphatic heterocycles. The Morgan fingerprint density at radius 3 is 2.73 bits per heavy atom. The number of aryl methyl sites for hydroxylation is 2. The van der Waals surface area contributed by atoms with Crippen LogP contribution in [-0.2, 0) is 7.05 Å². The average Bonchev–Trinajstić information content (AvgIpc) is 2.99. The molecule has 1 aliphatic rings. The van der Waals surface area contributed by atoms with E-state index in [9.17, 15) is 4.79 Å². The number of fused-ring (bicyclic) bond motifs is 1. The molecule has 2 aromatic heterocycles. The van der Waals surface area contributed by atoms with Gasteiger partial charge in [0.25, 0.3) is 5.91 Å². The topological polar surface area (TPSA) is 63.1 Å². The van der Waals surface area contributed by atoms with E-state index in [1.165, 1.54) is 0 Å². The first-order valence-electron chi connectivity index (χ1n) is 9.00. The molecule has 1 N–H and O–H groups in total. The molecule has 1 aromatic carbocycles. The fourth-order valence-corrected chi connectivity index (χ4v) is 3.65. The average molecular weight is 349 g/mol. The number of aromatic nitrogens is 3. The van der Waals surface area contributed by atoms with Crippen molar-refractivity contribution >= 4 is 22.6 Å². The van der Waals surface area contributed by atoms with E-state index in [0.29, 0.717) is 6.04 Å².